The fourth-order valence-corrected chi connectivity index (χ4v) is 6.16. The van der Waals surface area contributed by atoms with Crippen LogP contribution in [0.15, 0.2) is 9.31 Å². The molecule has 0 aliphatic carbocycles. The van der Waals surface area contributed by atoms with Gasteiger partial charge in [0.1, 0.15) is 16.4 Å². The summed E-state index contributed by atoms with van der Waals surface area (Å²) in [4.78, 5) is 0.0328. The number of nitrogens with two attached hydrogens (primary N) is 1. The summed E-state index contributed by atoms with van der Waals surface area (Å²) >= 11 is 0. The summed E-state index contributed by atoms with van der Waals surface area (Å²) in [6.45, 7) is 3.25. The number of hydrogen-bond acceptors (Lipinski definition) is 6. The van der Waals surface area contributed by atoms with Gasteiger partial charge >= 0.3 is 0 Å². The van der Waals surface area contributed by atoms with Crippen LogP contribution in [0, 0.1) is 13.8 Å². The van der Waals surface area contributed by atoms with E-state index in [-0.39, 0.29) is 28.7 Å². The molecule has 0 bridgehead atoms. The van der Waals surface area contributed by atoms with E-state index in [1.54, 1.807) is 13.8 Å². The summed E-state index contributed by atoms with van der Waals surface area (Å²) in [6, 6.07) is -0.603. The molecule has 0 radical (unpaired) electrons. The Labute approximate surface area is 124 Å². The quantitative estimate of drug-likeness (QED) is 0.811. The molecule has 2 rings (SSSR count). The van der Waals surface area contributed by atoms with Crippen LogP contribution < -0.4 is 10.5 Å². The summed E-state index contributed by atoms with van der Waals surface area (Å²) in [5.74, 6) is 0.675. The van der Waals surface area contributed by atoms with Crippen LogP contribution in [-0.2, 0) is 26.4 Å². The number of sulfonamides is 1. The second kappa shape index (κ2) is 5.71. The zero-order chi connectivity index (χ0) is 15.8. The topological polar surface area (TPSA) is 119 Å². The van der Waals surface area contributed by atoms with Gasteiger partial charge in [-0.3, -0.25) is 0 Å². The van der Waals surface area contributed by atoms with Gasteiger partial charge in [-0.1, -0.05) is 0 Å². The maximum Gasteiger partial charge on any atom is 0.244 e. The number of nitrogens with one attached hydrogen (secondary N) is 1. The van der Waals surface area contributed by atoms with Crippen molar-refractivity contribution in [2.45, 2.75) is 44.2 Å². The predicted molar refractivity (Wildman–Crippen MR) is 78.1 cm³/mol. The third kappa shape index (κ3) is 3.47. The molecule has 1 fully saturated rings. The Hall–Kier alpha value is -0.900. The lowest BCUT2D eigenvalue weighted by Gasteiger charge is -2.22. The Morgan fingerprint density at radius 3 is 2.57 bits per heavy atom. The normalized spacial score (nSPS) is 22.3. The van der Waals surface area contributed by atoms with E-state index < -0.39 is 25.9 Å². The summed E-state index contributed by atoms with van der Waals surface area (Å²) < 4.78 is 56.0. The van der Waals surface area contributed by atoms with Crippen LogP contribution in [0.5, 0.6) is 0 Å². The highest BCUT2D eigenvalue weighted by molar-refractivity contribution is 7.91. The first-order valence-corrected chi connectivity index (χ1v) is 9.98. The average Bonchev–Trinajstić information content (AvgIpc) is 2.62. The molecular weight excluding hydrogens is 316 g/mol. The molecule has 1 atom stereocenters. The van der Waals surface area contributed by atoms with Gasteiger partial charge in [-0.25, -0.2) is 21.6 Å². The minimum Gasteiger partial charge on any atom is -0.465 e. The van der Waals surface area contributed by atoms with Crippen LogP contribution in [-0.4, -0.2) is 34.4 Å². The zero-order valence-electron chi connectivity index (χ0n) is 12.0. The molecule has 1 saturated heterocycles. The van der Waals surface area contributed by atoms with Crippen molar-refractivity contribution in [3.63, 3.8) is 0 Å². The second-order valence-corrected chi connectivity index (χ2v) is 9.18. The molecule has 3 N–H and O–H groups in total. The van der Waals surface area contributed by atoms with Crippen molar-refractivity contribution < 1.29 is 21.3 Å². The number of rotatable bonds is 4. The van der Waals surface area contributed by atoms with E-state index >= 15 is 0 Å². The van der Waals surface area contributed by atoms with Crippen LogP contribution in [0.3, 0.4) is 0 Å². The van der Waals surface area contributed by atoms with E-state index in [1.165, 1.54) is 0 Å². The minimum atomic E-state index is -3.85. The molecule has 1 aliphatic rings. The molecule has 0 saturated carbocycles. The fraction of sp³-hybridized carbons (Fsp3) is 0.667. The molecule has 9 heteroatoms. The Bertz CT molecular complexity index is 734. The maximum absolute atomic E-state index is 12.5. The van der Waals surface area contributed by atoms with Gasteiger partial charge in [0, 0.05) is 18.2 Å². The number of sulfone groups is 1. The van der Waals surface area contributed by atoms with Gasteiger partial charge in [0.05, 0.1) is 11.5 Å². The third-order valence-corrected chi connectivity index (χ3v) is 7.12. The smallest absolute Gasteiger partial charge is 0.244 e. The summed E-state index contributed by atoms with van der Waals surface area (Å²) in [7, 11) is -7.03. The molecule has 0 spiro atoms. The van der Waals surface area contributed by atoms with Gasteiger partial charge in [-0.2, -0.15) is 0 Å². The summed E-state index contributed by atoms with van der Waals surface area (Å²) in [6.07, 6.45) is 0.967. The van der Waals surface area contributed by atoms with Crippen LogP contribution in [0.4, 0.5) is 0 Å². The van der Waals surface area contributed by atoms with Crippen LogP contribution >= 0.6 is 0 Å². The standard InChI is InChI=1S/C12H20N2O5S2/c1-8-11(6-13)12(9(2)19-8)21(17,18)14-10-4-3-5-20(15,16)7-10/h10,14H,3-7,13H2,1-2H3. The van der Waals surface area contributed by atoms with Crippen LogP contribution in [0.25, 0.3) is 0 Å². The molecule has 2 heterocycles. The van der Waals surface area contributed by atoms with Crippen molar-refractivity contribution in [1.29, 1.82) is 0 Å². The first-order valence-electron chi connectivity index (χ1n) is 6.68. The van der Waals surface area contributed by atoms with Gasteiger partial charge < -0.3 is 10.2 Å². The summed E-state index contributed by atoms with van der Waals surface area (Å²) in [5.41, 5.74) is 6.02. The third-order valence-electron chi connectivity index (χ3n) is 3.58. The molecule has 1 unspecified atom stereocenters. The Kier molecular flexibility index (Phi) is 4.48. The molecular formula is C12H20N2O5S2. The highest BCUT2D eigenvalue weighted by atomic mass is 32.2. The zero-order valence-corrected chi connectivity index (χ0v) is 13.7. The summed E-state index contributed by atoms with van der Waals surface area (Å²) in [5, 5.41) is 0. The average molecular weight is 336 g/mol. The monoisotopic (exact) mass is 336 g/mol. The molecule has 21 heavy (non-hydrogen) atoms. The van der Waals surface area contributed by atoms with Crippen LogP contribution in [0.1, 0.15) is 29.9 Å². The molecule has 7 nitrogen and oxygen atoms in total. The molecule has 1 aromatic heterocycles. The van der Waals surface area contributed by atoms with Gasteiger partial charge in [-0.05, 0) is 26.7 Å². The lowest BCUT2D eigenvalue weighted by molar-refractivity contribution is 0.491. The van der Waals surface area contributed by atoms with Crippen molar-refractivity contribution in [1.82, 2.24) is 4.72 Å². The number of furan rings is 1. The van der Waals surface area contributed by atoms with Gasteiger partial charge in [-0.15, -0.1) is 0 Å². The minimum absolute atomic E-state index is 0.0328. The molecule has 0 aromatic carbocycles. The van der Waals surface area contributed by atoms with E-state index in [0.717, 1.165) is 0 Å². The van der Waals surface area contributed by atoms with Crippen LogP contribution in [0.2, 0.25) is 0 Å². The number of aryl methyl sites for hydroxylation is 2. The molecule has 1 aliphatic heterocycles. The second-order valence-electron chi connectivity index (χ2n) is 5.30. The number of hydrogen-bond donors (Lipinski definition) is 2. The largest absolute Gasteiger partial charge is 0.465 e. The predicted octanol–water partition coefficient (Wildman–Crippen LogP) is 0.211. The van der Waals surface area contributed by atoms with Crippen molar-refractivity contribution in [2.75, 3.05) is 11.5 Å². The van der Waals surface area contributed by atoms with E-state index in [0.29, 0.717) is 24.2 Å². The van der Waals surface area contributed by atoms with Gasteiger partial charge in [0.25, 0.3) is 0 Å². The van der Waals surface area contributed by atoms with Crippen molar-refractivity contribution in [2.24, 2.45) is 5.73 Å². The Balaban J connectivity index is 2.31. The van der Waals surface area contributed by atoms with Gasteiger partial charge in [0.2, 0.25) is 10.0 Å². The highest BCUT2D eigenvalue weighted by Crippen LogP contribution is 2.27. The fourth-order valence-electron chi connectivity index (χ4n) is 2.69. The first kappa shape index (κ1) is 16.5. The lowest BCUT2D eigenvalue weighted by atomic mass is 10.2. The van der Waals surface area contributed by atoms with E-state index in [9.17, 15) is 16.8 Å². The van der Waals surface area contributed by atoms with Crippen molar-refractivity contribution >= 4 is 19.9 Å². The van der Waals surface area contributed by atoms with Crippen molar-refractivity contribution in [3.05, 3.63) is 17.1 Å². The van der Waals surface area contributed by atoms with E-state index in [2.05, 4.69) is 4.72 Å². The van der Waals surface area contributed by atoms with E-state index in [4.69, 9.17) is 10.2 Å². The highest BCUT2D eigenvalue weighted by Gasteiger charge is 2.32. The maximum atomic E-state index is 12.5. The van der Waals surface area contributed by atoms with Gasteiger partial charge in [0.15, 0.2) is 9.84 Å². The SMILES string of the molecule is Cc1oc(C)c(S(=O)(=O)NC2CCCS(=O)(=O)C2)c1CN. The Morgan fingerprint density at radius 2 is 2.00 bits per heavy atom. The first-order chi connectivity index (χ1) is 9.66. The molecule has 1 aromatic rings. The van der Waals surface area contributed by atoms with Crippen molar-refractivity contribution in [3.8, 4) is 0 Å². The molecule has 120 valence electrons. The Morgan fingerprint density at radius 1 is 1.33 bits per heavy atom. The molecule has 0 amide bonds. The lowest BCUT2D eigenvalue weighted by Crippen LogP contribution is -2.43. The van der Waals surface area contributed by atoms with E-state index in [1.807, 2.05) is 0 Å².